The molecule has 8 heteroatoms. The Morgan fingerprint density at radius 3 is 2.00 bits per heavy atom. The molecule has 0 saturated heterocycles. The summed E-state index contributed by atoms with van der Waals surface area (Å²) in [5, 5.41) is 2.71. The van der Waals surface area contributed by atoms with Crippen LogP contribution in [0.2, 0.25) is 0 Å². The van der Waals surface area contributed by atoms with Gasteiger partial charge in [-0.3, -0.25) is 9.59 Å². The molecule has 0 radical (unpaired) electrons. The Morgan fingerprint density at radius 2 is 1.45 bits per heavy atom. The molecule has 1 amide bonds. The van der Waals surface area contributed by atoms with E-state index in [-0.39, 0.29) is 31.4 Å². The van der Waals surface area contributed by atoms with Crippen molar-refractivity contribution in [2.75, 3.05) is 39.4 Å². The molecule has 0 spiro atoms. The van der Waals surface area contributed by atoms with Crippen molar-refractivity contribution in [3.05, 3.63) is 35.9 Å². The Kier molecular flexibility index (Phi) is 12.9. The zero-order chi connectivity index (χ0) is 21.3. The first kappa shape index (κ1) is 24.4. The largest absolute Gasteiger partial charge is 0.466 e. The topological polar surface area (TPSA) is 94.2 Å². The molecule has 0 saturated carbocycles. The van der Waals surface area contributed by atoms with Crippen LogP contribution >= 0.6 is 0 Å². The molecule has 0 fully saturated rings. The number of nitrogens with zero attached hydrogens (tertiary/aromatic N) is 1. The van der Waals surface area contributed by atoms with Crippen molar-refractivity contribution in [2.24, 2.45) is 0 Å². The van der Waals surface area contributed by atoms with E-state index in [1.807, 2.05) is 35.2 Å². The number of nitrogens with one attached hydrogen (secondary N) is 1. The zero-order valence-electron chi connectivity index (χ0n) is 17.4. The Labute approximate surface area is 172 Å². The molecule has 0 unspecified atom stereocenters. The van der Waals surface area contributed by atoms with E-state index in [0.29, 0.717) is 45.8 Å². The highest BCUT2D eigenvalue weighted by atomic mass is 16.5. The fourth-order valence-corrected chi connectivity index (χ4v) is 2.57. The molecule has 0 heterocycles. The van der Waals surface area contributed by atoms with E-state index < -0.39 is 6.09 Å². The summed E-state index contributed by atoms with van der Waals surface area (Å²) in [5.74, 6) is -0.535. The van der Waals surface area contributed by atoms with Crippen molar-refractivity contribution in [1.29, 1.82) is 0 Å². The maximum absolute atomic E-state index is 11.8. The van der Waals surface area contributed by atoms with Gasteiger partial charge in [0.1, 0.15) is 6.61 Å². The fraction of sp³-hybridized carbons (Fsp3) is 0.571. The Bertz CT molecular complexity index is 586. The van der Waals surface area contributed by atoms with Crippen LogP contribution in [-0.2, 0) is 30.4 Å². The molecule has 1 rings (SSSR count). The maximum atomic E-state index is 11.8. The predicted octanol–water partition coefficient (Wildman–Crippen LogP) is 2.51. The minimum absolute atomic E-state index is 0.220. The van der Waals surface area contributed by atoms with Crippen LogP contribution in [-0.4, -0.2) is 62.3 Å². The maximum Gasteiger partial charge on any atom is 0.407 e. The summed E-state index contributed by atoms with van der Waals surface area (Å²) >= 11 is 0. The van der Waals surface area contributed by atoms with Crippen LogP contribution in [0, 0.1) is 0 Å². The van der Waals surface area contributed by atoms with Gasteiger partial charge >= 0.3 is 18.0 Å². The first-order valence-electron chi connectivity index (χ1n) is 10.0. The van der Waals surface area contributed by atoms with Crippen LogP contribution in [0.3, 0.4) is 0 Å². The van der Waals surface area contributed by atoms with Crippen molar-refractivity contribution in [3.63, 3.8) is 0 Å². The van der Waals surface area contributed by atoms with Gasteiger partial charge in [-0.25, -0.2) is 4.79 Å². The second-order valence-electron chi connectivity index (χ2n) is 6.29. The van der Waals surface area contributed by atoms with Gasteiger partial charge in [-0.2, -0.15) is 0 Å². The van der Waals surface area contributed by atoms with E-state index in [9.17, 15) is 14.4 Å². The first-order chi connectivity index (χ1) is 14.0. The minimum Gasteiger partial charge on any atom is -0.466 e. The molecule has 1 N–H and O–H groups in total. The molecule has 0 aromatic heterocycles. The van der Waals surface area contributed by atoms with Crippen molar-refractivity contribution in [2.45, 2.75) is 39.7 Å². The van der Waals surface area contributed by atoms with Crippen molar-refractivity contribution in [3.8, 4) is 0 Å². The number of rotatable bonds is 14. The summed E-state index contributed by atoms with van der Waals surface area (Å²) in [6, 6.07) is 9.45. The summed E-state index contributed by atoms with van der Waals surface area (Å²) in [6.45, 7) is 6.46. The highest BCUT2D eigenvalue weighted by Crippen LogP contribution is 2.02. The fourth-order valence-electron chi connectivity index (χ4n) is 2.57. The number of amides is 1. The molecule has 8 nitrogen and oxygen atoms in total. The van der Waals surface area contributed by atoms with E-state index in [4.69, 9.17) is 14.2 Å². The molecule has 1 aromatic rings. The van der Waals surface area contributed by atoms with Crippen LogP contribution in [0.25, 0.3) is 0 Å². The third kappa shape index (κ3) is 12.5. The van der Waals surface area contributed by atoms with Gasteiger partial charge in [0.05, 0.1) is 26.1 Å². The van der Waals surface area contributed by atoms with Gasteiger partial charge in [-0.1, -0.05) is 30.3 Å². The zero-order valence-corrected chi connectivity index (χ0v) is 17.4. The molecule has 0 atom stereocenters. The van der Waals surface area contributed by atoms with Gasteiger partial charge in [0.25, 0.3) is 0 Å². The molecule has 0 aliphatic heterocycles. The molecule has 0 aliphatic carbocycles. The summed E-state index contributed by atoms with van der Waals surface area (Å²) in [6.07, 6.45) is 0.692. The predicted molar refractivity (Wildman–Crippen MR) is 108 cm³/mol. The average Bonchev–Trinajstić information content (AvgIpc) is 2.72. The van der Waals surface area contributed by atoms with Gasteiger partial charge in [0.2, 0.25) is 0 Å². The van der Waals surface area contributed by atoms with E-state index >= 15 is 0 Å². The summed E-state index contributed by atoms with van der Waals surface area (Å²) in [5.41, 5.74) is 0.923. The third-order valence-corrected chi connectivity index (χ3v) is 4.01. The summed E-state index contributed by atoms with van der Waals surface area (Å²) in [7, 11) is 0. The monoisotopic (exact) mass is 408 g/mol. The van der Waals surface area contributed by atoms with E-state index in [1.54, 1.807) is 13.8 Å². The highest BCUT2D eigenvalue weighted by molar-refractivity contribution is 5.70. The summed E-state index contributed by atoms with van der Waals surface area (Å²) in [4.78, 5) is 36.9. The Morgan fingerprint density at radius 1 is 0.862 bits per heavy atom. The minimum atomic E-state index is -0.474. The Balaban J connectivity index is 2.30. The van der Waals surface area contributed by atoms with Gasteiger partial charge in [0, 0.05) is 19.6 Å². The van der Waals surface area contributed by atoms with Crippen molar-refractivity contribution < 1.29 is 28.6 Å². The SMILES string of the molecule is CCOC(=O)CCN(CCCNC(=O)OCc1ccccc1)CCC(=O)OCC. The number of carbonyl (C=O) groups excluding carboxylic acids is 3. The van der Waals surface area contributed by atoms with Crippen molar-refractivity contribution >= 4 is 18.0 Å². The number of carbonyl (C=O) groups is 3. The van der Waals surface area contributed by atoms with Gasteiger partial charge < -0.3 is 24.4 Å². The number of hydrogen-bond donors (Lipinski definition) is 1. The van der Waals surface area contributed by atoms with Crippen LogP contribution in [0.4, 0.5) is 4.79 Å². The van der Waals surface area contributed by atoms with Gasteiger partial charge in [-0.05, 0) is 32.4 Å². The second kappa shape index (κ2) is 15.3. The number of ether oxygens (including phenoxy) is 3. The number of alkyl carbamates (subject to hydrolysis) is 1. The van der Waals surface area contributed by atoms with Crippen LogP contribution < -0.4 is 5.32 Å². The van der Waals surface area contributed by atoms with E-state index in [0.717, 1.165) is 5.56 Å². The quantitative estimate of drug-likeness (QED) is 0.287. The van der Waals surface area contributed by atoms with E-state index in [1.165, 1.54) is 0 Å². The Hall–Kier alpha value is -2.61. The molecule has 162 valence electrons. The molecule has 1 aromatic carbocycles. The molecule has 0 bridgehead atoms. The van der Waals surface area contributed by atoms with Crippen LogP contribution in [0.1, 0.15) is 38.7 Å². The van der Waals surface area contributed by atoms with Gasteiger partial charge in [-0.15, -0.1) is 0 Å². The van der Waals surface area contributed by atoms with E-state index in [2.05, 4.69) is 5.32 Å². The normalized spacial score (nSPS) is 10.4. The molecular weight excluding hydrogens is 376 g/mol. The van der Waals surface area contributed by atoms with Crippen molar-refractivity contribution in [1.82, 2.24) is 10.2 Å². The first-order valence-corrected chi connectivity index (χ1v) is 10.0. The lowest BCUT2D eigenvalue weighted by Gasteiger charge is -2.21. The number of hydrogen-bond acceptors (Lipinski definition) is 7. The molecule has 0 aliphatic rings. The summed E-state index contributed by atoms with van der Waals surface area (Å²) < 4.78 is 15.1. The second-order valence-corrected chi connectivity index (χ2v) is 6.29. The number of benzene rings is 1. The number of esters is 2. The van der Waals surface area contributed by atoms with Crippen LogP contribution in [0.5, 0.6) is 0 Å². The standard InChI is InChI=1S/C21H32N2O6/c1-3-27-19(24)11-15-23(16-12-20(25)28-4-2)14-8-13-22-21(26)29-17-18-9-6-5-7-10-18/h5-7,9-10H,3-4,8,11-17H2,1-2H3,(H,22,26). The van der Waals surface area contributed by atoms with Crippen LogP contribution in [0.15, 0.2) is 30.3 Å². The third-order valence-electron chi connectivity index (χ3n) is 4.01. The van der Waals surface area contributed by atoms with Gasteiger partial charge in [0.15, 0.2) is 0 Å². The lowest BCUT2D eigenvalue weighted by atomic mass is 10.2. The average molecular weight is 408 g/mol. The lowest BCUT2D eigenvalue weighted by molar-refractivity contribution is -0.143. The highest BCUT2D eigenvalue weighted by Gasteiger charge is 2.12. The smallest absolute Gasteiger partial charge is 0.407 e. The lowest BCUT2D eigenvalue weighted by Crippen LogP contribution is -2.33. The molecule has 29 heavy (non-hydrogen) atoms. The molecular formula is C21H32N2O6.